The van der Waals surface area contributed by atoms with Gasteiger partial charge in [-0.25, -0.2) is 0 Å². The molecule has 4 heteroatoms. The summed E-state index contributed by atoms with van der Waals surface area (Å²) in [5.41, 5.74) is 1.74. The van der Waals surface area contributed by atoms with Crippen molar-refractivity contribution in [1.82, 2.24) is 4.90 Å². The summed E-state index contributed by atoms with van der Waals surface area (Å²) in [6.07, 6.45) is 0. The van der Waals surface area contributed by atoms with Crippen molar-refractivity contribution in [3.8, 4) is 11.5 Å². The van der Waals surface area contributed by atoms with Crippen LogP contribution in [0.3, 0.4) is 0 Å². The van der Waals surface area contributed by atoms with E-state index in [9.17, 15) is 4.79 Å². The lowest BCUT2D eigenvalue weighted by Gasteiger charge is -2.16. The van der Waals surface area contributed by atoms with Crippen molar-refractivity contribution in [1.29, 1.82) is 0 Å². The van der Waals surface area contributed by atoms with Crippen molar-refractivity contribution in [2.75, 3.05) is 11.6 Å². The summed E-state index contributed by atoms with van der Waals surface area (Å²) >= 11 is 1.61. The molecule has 1 saturated heterocycles. The molecule has 0 atom stereocenters. The van der Waals surface area contributed by atoms with E-state index in [0.717, 1.165) is 22.6 Å². The predicted molar refractivity (Wildman–Crippen MR) is 90.5 cm³/mol. The third-order valence-electron chi connectivity index (χ3n) is 3.27. The highest BCUT2D eigenvalue weighted by Crippen LogP contribution is 2.27. The normalized spacial score (nSPS) is 14.2. The van der Waals surface area contributed by atoms with Gasteiger partial charge in [-0.3, -0.25) is 4.79 Å². The molecule has 0 spiro atoms. The SMILES string of the molecule is C=C([CH]N1CSCC1=O)c1cccc(Oc2ccccc2)c1. The molecule has 0 N–H and O–H groups in total. The molecule has 0 unspecified atom stereocenters. The second-order valence-electron chi connectivity index (χ2n) is 4.94. The van der Waals surface area contributed by atoms with Gasteiger partial charge in [-0.2, -0.15) is 0 Å². The van der Waals surface area contributed by atoms with Crippen LogP contribution in [0, 0.1) is 6.54 Å². The first-order valence-corrected chi connectivity index (χ1v) is 8.12. The molecule has 2 aromatic rings. The van der Waals surface area contributed by atoms with Crippen LogP contribution < -0.4 is 4.74 Å². The predicted octanol–water partition coefficient (Wildman–Crippen LogP) is 4.19. The molecule has 0 aliphatic carbocycles. The number of ether oxygens (including phenoxy) is 1. The highest BCUT2D eigenvalue weighted by atomic mass is 32.2. The number of amides is 1. The van der Waals surface area contributed by atoms with Gasteiger partial charge in [0.2, 0.25) is 5.91 Å². The van der Waals surface area contributed by atoms with Crippen molar-refractivity contribution in [2.45, 2.75) is 0 Å². The number of nitrogens with zero attached hydrogens (tertiary/aromatic N) is 1. The lowest BCUT2D eigenvalue weighted by molar-refractivity contribution is -0.124. The van der Waals surface area contributed by atoms with Crippen LogP contribution in [0.5, 0.6) is 11.5 Å². The maximum absolute atomic E-state index is 11.7. The van der Waals surface area contributed by atoms with E-state index in [4.69, 9.17) is 4.74 Å². The number of rotatable bonds is 5. The average molecular weight is 310 g/mol. The van der Waals surface area contributed by atoms with Crippen molar-refractivity contribution in [2.24, 2.45) is 0 Å². The zero-order valence-electron chi connectivity index (χ0n) is 12.1. The smallest absolute Gasteiger partial charge is 0.233 e. The van der Waals surface area contributed by atoms with E-state index in [0.29, 0.717) is 11.6 Å². The minimum Gasteiger partial charge on any atom is -0.457 e. The number of para-hydroxylation sites is 1. The van der Waals surface area contributed by atoms with Gasteiger partial charge in [0.15, 0.2) is 0 Å². The zero-order valence-corrected chi connectivity index (χ0v) is 12.9. The molecule has 3 rings (SSSR count). The van der Waals surface area contributed by atoms with Gasteiger partial charge < -0.3 is 9.64 Å². The van der Waals surface area contributed by atoms with Crippen LogP contribution in [0.15, 0.2) is 61.2 Å². The first-order chi connectivity index (χ1) is 10.7. The molecule has 0 saturated carbocycles. The Morgan fingerprint density at radius 1 is 1.14 bits per heavy atom. The van der Waals surface area contributed by atoms with Crippen LogP contribution in [0.2, 0.25) is 0 Å². The highest BCUT2D eigenvalue weighted by molar-refractivity contribution is 8.00. The molecule has 2 aromatic carbocycles. The Labute approximate surface area is 134 Å². The molecule has 1 amide bonds. The van der Waals surface area contributed by atoms with E-state index in [1.165, 1.54) is 0 Å². The van der Waals surface area contributed by atoms with Crippen LogP contribution in [0.1, 0.15) is 5.56 Å². The first-order valence-electron chi connectivity index (χ1n) is 6.97. The third-order valence-corrected chi connectivity index (χ3v) is 4.18. The van der Waals surface area contributed by atoms with Crippen LogP contribution >= 0.6 is 11.8 Å². The van der Waals surface area contributed by atoms with Gasteiger partial charge in [0.05, 0.1) is 18.2 Å². The molecule has 1 heterocycles. The van der Waals surface area contributed by atoms with Gasteiger partial charge in [0.1, 0.15) is 11.5 Å². The summed E-state index contributed by atoms with van der Waals surface area (Å²) in [5, 5.41) is 0. The summed E-state index contributed by atoms with van der Waals surface area (Å²) < 4.78 is 5.82. The van der Waals surface area contributed by atoms with E-state index in [2.05, 4.69) is 6.58 Å². The monoisotopic (exact) mass is 310 g/mol. The van der Waals surface area contributed by atoms with Crippen molar-refractivity contribution >= 4 is 23.2 Å². The standard InChI is InChI=1S/C18H16NO2S/c1-14(11-19-13-22-12-18(19)20)15-6-5-9-17(10-15)21-16-7-3-2-4-8-16/h2-11H,1,12-13H2. The number of thioether (sulfide) groups is 1. The molecule has 111 valence electrons. The van der Waals surface area contributed by atoms with Gasteiger partial charge in [-0.15, -0.1) is 11.8 Å². The molecule has 1 radical (unpaired) electrons. The molecule has 22 heavy (non-hydrogen) atoms. The van der Waals surface area contributed by atoms with Crippen molar-refractivity contribution in [3.63, 3.8) is 0 Å². The van der Waals surface area contributed by atoms with E-state index in [1.54, 1.807) is 16.7 Å². The first kappa shape index (κ1) is 14.7. The van der Waals surface area contributed by atoms with Gasteiger partial charge >= 0.3 is 0 Å². The lowest BCUT2D eigenvalue weighted by atomic mass is 10.1. The number of carbonyl (C=O) groups is 1. The Hall–Kier alpha value is -2.20. The highest BCUT2D eigenvalue weighted by Gasteiger charge is 2.21. The maximum atomic E-state index is 11.7. The Balaban J connectivity index is 1.70. The number of hydrogen-bond donors (Lipinski definition) is 0. The van der Waals surface area contributed by atoms with Crippen molar-refractivity contribution in [3.05, 3.63) is 73.3 Å². The summed E-state index contributed by atoms with van der Waals surface area (Å²) in [6.45, 7) is 5.87. The Morgan fingerprint density at radius 3 is 2.64 bits per heavy atom. The molecular formula is C18H16NO2S. The third kappa shape index (κ3) is 3.52. The van der Waals surface area contributed by atoms with Gasteiger partial charge in [-0.05, 0) is 35.4 Å². The molecular weight excluding hydrogens is 294 g/mol. The fraction of sp³-hybridized carbons (Fsp3) is 0.111. The van der Waals surface area contributed by atoms with Crippen molar-refractivity contribution < 1.29 is 9.53 Å². The summed E-state index contributed by atoms with van der Waals surface area (Å²) in [5.74, 6) is 2.91. The number of hydrogen-bond acceptors (Lipinski definition) is 3. The number of benzene rings is 2. The van der Waals surface area contributed by atoms with Crippen LogP contribution in [-0.2, 0) is 4.79 Å². The van der Waals surface area contributed by atoms with E-state index in [1.807, 2.05) is 61.1 Å². The lowest BCUT2D eigenvalue weighted by Crippen LogP contribution is -2.22. The topological polar surface area (TPSA) is 29.5 Å². The largest absolute Gasteiger partial charge is 0.457 e. The number of carbonyl (C=O) groups excluding carboxylic acids is 1. The Kier molecular flexibility index (Phi) is 4.49. The average Bonchev–Trinajstić information content (AvgIpc) is 2.94. The summed E-state index contributed by atoms with van der Waals surface area (Å²) in [4.78, 5) is 13.4. The van der Waals surface area contributed by atoms with Gasteiger partial charge in [0.25, 0.3) is 0 Å². The van der Waals surface area contributed by atoms with Crippen LogP contribution in [-0.4, -0.2) is 22.4 Å². The van der Waals surface area contributed by atoms with E-state index >= 15 is 0 Å². The van der Waals surface area contributed by atoms with E-state index in [-0.39, 0.29) is 5.91 Å². The fourth-order valence-electron chi connectivity index (χ4n) is 2.14. The second kappa shape index (κ2) is 6.71. The molecule has 0 aromatic heterocycles. The molecule has 3 nitrogen and oxygen atoms in total. The van der Waals surface area contributed by atoms with E-state index < -0.39 is 0 Å². The quantitative estimate of drug-likeness (QED) is 0.829. The van der Waals surface area contributed by atoms with Gasteiger partial charge in [-0.1, -0.05) is 36.9 Å². The Morgan fingerprint density at radius 2 is 1.91 bits per heavy atom. The fourth-order valence-corrected chi connectivity index (χ4v) is 2.99. The maximum Gasteiger partial charge on any atom is 0.233 e. The van der Waals surface area contributed by atoms with Gasteiger partial charge in [0, 0.05) is 0 Å². The molecule has 1 aliphatic rings. The zero-order chi connectivity index (χ0) is 15.4. The van der Waals surface area contributed by atoms with Crippen LogP contribution in [0.25, 0.3) is 5.57 Å². The molecule has 1 fully saturated rings. The van der Waals surface area contributed by atoms with Crippen LogP contribution in [0.4, 0.5) is 0 Å². The second-order valence-corrected chi connectivity index (χ2v) is 5.89. The minimum absolute atomic E-state index is 0.128. The molecule has 0 bridgehead atoms. The molecule has 1 aliphatic heterocycles. The summed E-state index contributed by atoms with van der Waals surface area (Å²) in [6, 6.07) is 17.4. The Bertz CT molecular complexity index is 684. The summed E-state index contributed by atoms with van der Waals surface area (Å²) in [7, 11) is 0. The minimum atomic E-state index is 0.128.